The van der Waals surface area contributed by atoms with Crippen molar-refractivity contribution in [2.75, 3.05) is 31.6 Å². The number of carbonyl (C=O) groups is 2. The molecule has 2 heterocycles. The van der Waals surface area contributed by atoms with E-state index in [-0.39, 0.29) is 18.2 Å². The predicted octanol–water partition coefficient (Wildman–Crippen LogP) is -1.69. The van der Waals surface area contributed by atoms with E-state index < -0.39 is 21.4 Å². The molecule has 0 saturated carbocycles. The van der Waals surface area contributed by atoms with Gasteiger partial charge < -0.3 is 10.6 Å². The van der Waals surface area contributed by atoms with Crippen molar-refractivity contribution in [3.8, 4) is 0 Å². The van der Waals surface area contributed by atoms with Gasteiger partial charge in [0.25, 0.3) is 5.91 Å². The maximum atomic E-state index is 12.1. The molecule has 2 aliphatic heterocycles. The zero-order valence-corrected chi connectivity index (χ0v) is 10.3. The van der Waals surface area contributed by atoms with E-state index in [9.17, 15) is 18.0 Å². The van der Waals surface area contributed by atoms with E-state index in [0.29, 0.717) is 19.5 Å². The summed E-state index contributed by atoms with van der Waals surface area (Å²) < 4.78 is 22.1. The third-order valence-electron chi connectivity index (χ3n) is 3.09. The first-order valence-electron chi connectivity index (χ1n) is 5.37. The molecule has 2 aliphatic rings. The Balaban J connectivity index is 2.09. The molecule has 2 N–H and O–H groups in total. The minimum absolute atomic E-state index is 0.0781. The number of rotatable bonds is 3. The Kier molecular flexibility index (Phi) is 2.86. The number of amides is 3. The van der Waals surface area contributed by atoms with Gasteiger partial charge in [-0.3, -0.25) is 9.69 Å². The maximum Gasteiger partial charge on any atom is 0.325 e. The lowest BCUT2D eigenvalue weighted by Crippen LogP contribution is -2.48. The summed E-state index contributed by atoms with van der Waals surface area (Å²) >= 11 is 0. The first kappa shape index (κ1) is 12.3. The number of nitrogens with one attached hydrogen (secondary N) is 2. The number of imide groups is 1. The van der Waals surface area contributed by atoms with Crippen molar-refractivity contribution in [3.63, 3.8) is 0 Å². The molecule has 1 unspecified atom stereocenters. The first-order chi connectivity index (χ1) is 7.84. The van der Waals surface area contributed by atoms with Crippen LogP contribution in [0.15, 0.2) is 0 Å². The van der Waals surface area contributed by atoms with E-state index >= 15 is 0 Å². The van der Waals surface area contributed by atoms with Gasteiger partial charge in [0.2, 0.25) is 0 Å². The van der Waals surface area contributed by atoms with Gasteiger partial charge in [-0.05, 0) is 13.0 Å². The Bertz CT molecular complexity index is 453. The van der Waals surface area contributed by atoms with E-state index in [1.54, 1.807) is 0 Å². The van der Waals surface area contributed by atoms with E-state index in [2.05, 4.69) is 10.6 Å². The minimum Gasteiger partial charge on any atom is -0.322 e. The molecule has 2 fully saturated rings. The second kappa shape index (κ2) is 3.95. The SMILES string of the molecule is CS(=O)(=O)CCN1C(=O)NC2(CCNC2)C1=O. The molecule has 0 aromatic rings. The number of urea groups is 1. The van der Waals surface area contributed by atoms with Crippen LogP contribution < -0.4 is 10.6 Å². The van der Waals surface area contributed by atoms with Crippen LogP contribution in [0.1, 0.15) is 6.42 Å². The van der Waals surface area contributed by atoms with Gasteiger partial charge in [-0.1, -0.05) is 0 Å². The number of sulfone groups is 1. The van der Waals surface area contributed by atoms with Crippen molar-refractivity contribution in [2.45, 2.75) is 12.0 Å². The summed E-state index contributed by atoms with van der Waals surface area (Å²) in [4.78, 5) is 24.7. The quantitative estimate of drug-likeness (QED) is 0.591. The Morgan fingerprint density at radius 2 is 2.12 bits per heavy atom. The van der Waals surface area contributed by atoms with Gasteiger partial charge in [0.15, 0.2) is 0 Å². The van der Waals surface area contributed by atoms with Crippen LogP contribution in [0.5, 0.6) is 0 Å². The molecular weight excluding hydrogens is 246 g/mol. The topological polar surface area (TPSA) is 95.6 Å². The first-order valence-corrected chi connectivity index (χ1v) is 7.43. The highest BCUT2D eigenvalue weighted by Crippen LogP contribution is 2.23. The van der Waals surface area contributed by atoms with Crippen molar-refractivity contribution < 1.29 is 18.0 Å². The highest BCUT2D eigenvalue weighted by molar-refractivity contribution is 7.90. The van der Waals surface area contributed by atoms with Gasteiger partial charge in [-0.2, -0.15) is 0 Å². The average molecular weight is 261 g/mol. The molecule has 2 rings (SSSR count). The lowest BCUT2D eigenvalue weighted by atomic mass is 9.99. The molecule has 96 valence electrons. The molecule has 3 amide bonds. The van der Waals surface area contributed by atoms with Crippen LogP contribution in [-0.2, 0) is 14.6 Å². The molecule has 0 radical (unpaired) electrons. The monoisotopic (exact) mass is 261 g/mol. The second-order valence-corrected chi connectivity index (χ2v) is 6.79. The molecule has 0 aliphatic carbocycles. The smallest absolute Gasteiger partial charge is 0.322 e. The molecule has 0 bridgehead atoms. The maximum absolute atomic E-state index is 12.1. The fourth-order valence-electron chi connectivity index (χ4n) is 2.12. The van der Waals surface area contributed by atoms with Gasteiger partial charge in [0.05, 0.1) is 5.75 Å². The van der Waals surface area contributed by atoms with Crippen LogP contribution in [0, 0.1) is 0 Å². The molecule has 0 aromatic heterocycles. The Labute approximate surface area is 99.5 Å². The average Bonchev–Trinajstić information content (AvgIpc) is 2.73. The van der Waals surface area contributed by atoms with E-state index in [4.69, 9.17) is 0 Å². The summed E-state index contributed by atoms with van der Waals surface area (Å²) in [6.07, 6.45) is 1.63. The van der Waals surface area contributed by atoms with Crippen molar-refractivity contribution in [1.29, 1.82) is 0 Å². The normalized spacial score (nSPS) is 29.1. The molecular formula is C9H15N3O4S. The van der Waals surface area contributed by atoms with E-state index in [1.165, 1.54) is 0 Å². The molecule has 7 nitrogen and oxygen atoms in total. The zero-order chi connectivity index (χ0) is 12.7. The summed E-state index contributed by atoms with van der Waals surface area (Å²) in [5, 5.41) is 5.66. The van der Waals surface area contributed by atoms with E-state index in [1.807, 2.05) is 0 Å². The molecule has 0 aromatic carbocycles. The standard InChI is InChI=1S/C9H15N3O4S/c1-17(15,16)5-4-12-7(13)9(11-8(12)14)2-3-10-6-9/h10H,2-6H2,1H3,(H,11,14). The van der Waals surface area contributed by atoms with Crippen molar-refractivity contribution >= 4 is 21.8 Å². The van der Waals surface area contributed by atoms with Gasteiger partial charge in [0.1, 0.15) is 15.4 Å². The number of hydrogen-bond acceptors (Lipinski definition) is 5. The zero-order valence-electron chi connectivity index (χ0n) is 9.52. The van der Waals surface area contributed by atoms with E-state index in [0.717, 1.165) is 11.2 Å². The Morgan fingerprint density at radius 1 is 1.41 bits per heavy atom. The van der Waals surface area contributed by atoms with Gasteiger partial charge in [0, 0.05) is 19.3 Å². The van der Waals surface area contributed by atoms with Crippen LogP contribution in [-0.4, -0.2) is 62.4 Å². The number of hydrogen-bond donors (Lipinski definition) is 2. The van der Waals surface area contributed by atoms with Crippen LogP contribution in [0.3, 0.4) is 0 Å². The number of carbonyl (C=O) groups excluding carboxylic acids is 2. The molecule has 1 atom stereocenters. The highest BCUT2D eigenvalue weighted by atomic mass is 32.2. The summed E-state index contributed by atoms with van der Waals surface area (Å²) in [6, 6.07) is -0.498. The Hall–Kier alpha value is -1.15. The van der Waals surface area contributed by atoms with Crippen molar-refractivity contribution in [2.24, 2.45) is 0 Å². The molecule has 8 heteroatoms. The Morgan fingerprint density at radius 3 is 2.65 bits per heavy atom. The molecule has 17 heavy (non-hydrogen) atoms. The second-order valence-electron chi connectivity index (χ2n) is 4.53. The molecule has 1 spiro atoms. The largest absolute Gasteiger partial charge is 0.325 e. The molecule has 2 saturated heterocycles. The van der Waals surface area contributed by atoms with Gasteiger partial charge in [-0.25, -0.2) is 13.2 Å². The summed E-state index contributed by atoms with van der Waals surface area (Å²) in [7, 11) is -3.18. The van der Waals surface area contributed by atoms with Crippen LogP contribution >= 0.6 is 0 Å². The summed E-state index contributed by atoms with van der Waals surface area (Å²) in [5.74, 6) is -0.522. The van der Waals surface area contributed by atoms with Crippen molar-refractivity contribution in [1.82, 2.24) is 15.5 Å². The number of nitrogens with zero attached hydrogens (tertiary/aromatic N) is 1. The lowest BCUT2D eigenvalue weighted by molar-refractivity contribution is -0.130. The minimum atomic E-state index is -3.18. The fraction of sp³-hybridized carbons (Fsp3) is 0.778. The van der Waals surface area contributed by atoms with Gasteiger partial charge >= 0.3 is 6.03 Å². The van der Waals surface area contributed by atoms with Crippen LogP contribution in [0.25, 0.3) is 0 Å². The van der Waals surface area contributed by atoms with Gasteiger partial charge in [-0.15, -0.1) is 0 Å². The third-order valence-corrected chi connectivity index (χ3v) is 4.01. The fourth-order valence-corrected chi connectivity index (χ4v) is 2.63. The summed E-state index contributed by atoms with van der Waals surface area (Å²) in [6.45, 7) is 1.00. The summed E-state index contributed by atoms with van der Waals surface area (Å²) in [5.41, 5.74) is -0.853. The lowest BCUT2D eigenvalue weighted by Gasteiger charge is -2.18. The third kappa shape index (κ3) is 2.27. The highest BCUT2D eigenvalue weighted by Gasteiger charge is 2.52. The van der Waals surface area contributed by atoms with Crippen LogP contribution in [0.4, 0.5) is 4.79 Å². The predicted molar refractivity (Wildman–Crippen MR) is 60.2 cm³/mol. The van der Waals surface area contributed by atoms with Crippen molar-refractivity contribution in [3.05, 3.63) is 0 Å². The van der Waals surface area contributed by atoms with Crippen LogP contribution in [0.2, 0.25) is 0 Å².